The van der Waals surface area contributed by atoms with Crippen molar-refractivity contribution < 1.29 is 23.8 Å². The topological polar surface area (TPSA) is 73.9 Å². The van der Waals surface area contributed by atoms with Crippen molar-refractivity contribution in [1.29, 1.82) is 0 Å². The summed E-state index contributed by atoms with van der Waals surface area (Å²) < 4.78 is 15.3. The third-order valence-electron chi connectivity index (χ3n) is 3.38. The SMILES string of the molecule is COc1cc(C(=O)OCC(=O)Nc2ccccc2SC)cc(Cl)c1OC. The molecular weight excluding hydrogens is 378 g/mol. The van der Waals surface area contributed by atoms with Gasteiger partial charge in [-0.25, -0.2) is 4.79 Å². The van der Waals surface area contributed by atoms with Crippen LogP contribution in [-0.4, -0.2) is 39.0 Å². The number of hydrogen-bond donors (Lipinski definition) is 1. The van der Waals surface area contributed by atoms with Crippen molar-refractivity contribution in [2.75, 3.05) is 32.4 Å². The van der Waals surface area contributed by atoms with Crippen LogP contribution in [0.2, 0.25) is 5.02 Å². The molecule has 0 aromatic heterocycles. The zero-order valence-corrected chi connectivity index (χ0v) is 16.1. The first-order chi connectivity index (χ1) is 12.5. The van der Waals surface area contributed by atoms with Crippen molar-refractivity contribution in [3.63, 3.8) is 0 Å². The first-order valence-electron chi connectivity index (χ1n) is 7.51. The number of ether oxygens (including phenoxy) is 3. The van der Waals surface area contributed by atoms with Crippen molar-refractivity contribution in [1.82, 2.24) is 0 Å². The minimum atomic E-state index is -0.693. The van der Waals surface area contributed by atoms with Gasteiger partial charge >= 0.3 is 5.97 Å². The number of benzene rings is 2. The van der Waals surface area contributed by atoms with E-state index in [0.29, 0.717) is 17.2 Å². The van der Waals surface area contributed by atoms with Crippen LogP contribution in [0.25, 0.3) is 0 Å². The van der Waals surface area contributed by atoms with E-state index in [9.17, 15) is 9.59 Å². The first-order valence-corrected chi connectivity index (χ1v) is 9.12. The predicted molar refractivity (Wildman–Crippen MR) is 102 cm³/mol. The normalized spacial score (nSPS) is 10.2. The van der Waals surface area contributed by atoms with E-state index in [1.165, 1.54) is 38.1 Å². The Morgan fingerprint density at radius 3 is 2.54 bits per heavy atom. The van der Waals surface area contributed by atoms with Crippen LogP contribution in [-0.2, 0) is 9.53 Å². The van der Waals surface area contributed by atoms with Gasteiger partial charge in [0.25, 0.3) is 5.91 Å². The fraction of sp³-hybridized carbons (Fsp3) is 0.222. The van der Waals surface area contributed by atoms with E-state index in [0.717, 1.165) is 4.90 Å². The van der Waals surface area contributed by atoms with Crippen molar-refractivity contribution in [3.8, 4) is 11.5 Å². The molecule has 2 rings (SSSR count). The van der Waals surface area contributed by atoms with E-state index in [1.807, 2.05) is 24.5 Å². The van der Waals surface area contributed by atoms with E-state index in [1.54, 1.807) is 6.07 Å². The van der Waals surface area contributed by atoms with Crippen LogP contribution in [0.4, 0.5) is 5.69 Å². The molecule has 6 nitrogen and oxygen atoms in total. The Balaban J connectivity index is 2.02. The van der Waals surface area contributed by atoms with Crippen LogP contribution < -0.4 is 14.8 Å². The highest BCUT2D eigenvalue weighted by atomic mass is 35.5. The zero-order valence-electron chi connectivity index (χ0n) is 14.5. The minimum absolute atomic E-state index is 0.157. The van der Waals surface area contributed by atoms with E-state index in [4.69, 9.17) is 25.8 Å². The van der Waals surface area contributed by atoms with Crippen LogP contribution >= 0.6 is 23.4 Å². The third kappa shape index (κ3) is 4.83. The van der Waals surface area contributed by atoms with Crippen LogP contribution in [0.3, 0.4) is 0 Å². The Labute approximate surface area is 160 Å². The Kier molecular flexibility index (Phi) is 7.17. The lowest BCUT2D eigenvalue weighted by molar-refractivity contribution is -0.119. The summed E-state index contributed by atoms with van der Waals surface area (Å²) in [5.74, 6) is -0.519. The number of amides is 1. The zero-order chi connectivity index (χ0) is 19.1. The fourth-order valence-electron chi connectivity index (χ4n) is 2.18. The number of methoxy groups -OCH3 is 2. The van der Waals surface area contributed by atoms with Gasteiger partial charge in [0.1, 0.15) is 0 Å². The monoisotopic (exact) mass is 395 g/mol. The summed E-state index contributed by atoms with van der Waals surface area (Å²) in [5.41, 5.74) is 0.820. The van der Waals surface area contributed by atoms with Crippen LogP contribution in [0.15, 0.2) is 41.3 Å². The largest absolute Gasteiger partial charge is 0.493 e. The number of halogens is 1. The average Bonchev–Trinajstić information content (AvgIpc) is 2.65. The van der Waals surface area contributed by atoms with Gasteiger partial charge < -0.3 is 19.5 Å². The number of hydrogen-bond acceptors (Lipinski definition) is 6. The molecular formula is C18H18ClNO5S. The van der Waals surface area contributed by atoms with Crippen LogP contribution in [0.5, 0.6) is 11.5 Å². The summed E-state index contributed by atoms with van der Waals surface area (Å²) in [6.45, 7) is -0.423. The fourth-order valence-corrected chi connectivity index (χ4v) is 3.03. The number of nitrogens with one attached hydrogen (secondary N) is 1. The lowest BCUT2D eigenvalue weighted by Crippen LogP contribution is -2.21. The quantitative estimate of drug-likeness (QED) is 0.566. The molecule has 0 atom stereocenters. The molecule has 1 N–H and O–H groups in total. The van der Waals surface area contributed by atoms with Gasteiger partial charge in [-0.05, 0) is 30.5 Å². The molecule has 0 aliphatic carbocycles. The molecule has 0 fully saturated rings. The highest BCUT2D eigenvalue weighted by molar-refractivity contribution is 7.98. The van der Waals surface area contributed by atoms with Crippen molar-refractivity contribution in [2.45, 2.75) is 4.90 Å². The predicted octanol–water partition coefficient (Wildman–Crippen LogP) is 3.87. The molecule has 2 aromatic rings. The number of thioether (sulfide) groups is 1. The number of anilines is 1. The smallest absolute Gasteiger partial charge is 0.338 e. The van der Waals surface area contributed by atoms with Crippen molar-refractivity contribution in [2.24, 2.45) is 0 Å². The van der Waals surface area contributed by atoms with E-state index < -0.39 is 18.5 Å². The second-order valence-electron chi connectivity index (χ2n) is 5.02. The standard InChI is InChI=1S/C18H18ClNO5S/c1-23-14-9-11(8-12(19)17(14)24-2)18(22)25-10-16(21)20-13-6-4-5-7-15(13)26-3/h4-9H,10H2,1-3H3,(H,20,21). The maximum absolute atomic E-state index is 12.2. The summed E-state index contributed by atoms with van der Waals surface area (Å²) in [4.78, 5) is 25.1. The number of para-hydroxylation sites is 1. The average molecular weight is 396 g/mol. The molecule has 0 unspecified atom stereocenters. The van der Waals surface area contributed by atoms with Crippen LogP contribution in [0.1, 0.15) is 10.4 Å². The molecule has 8 heteroatoms. The Morgan fingerprint density at radius 1 is 1.15 bits per heavy atom. The molecule has 138 valence electrons. The van der Waals surface area contributed by atoms with E-state index >= 15 is 0 Å². The molecule has 1 amide bonds. The molecule has 26 heavy (non-hydrogen) atoms. The molecule has 0 saturated carbocycles. The summed E-state index contributed by atoms with van der Waals surface area (Å²) in [5, 5.41) is 2.92. The maximum Gasteiger partial charge on any atom is 0.338 e. The molecule has 0 aliphatic rings. The van der Waals surface area contributed by atoms with Gasteiger partial charge in [-0.1, -0.05) is 23.7 Å². The summed E-state index contributed by atoms with van der Waals surface area (Å²) in [6.07, 6.45) is 1.91. The Hall–Kier alpha value is -2.38. The lowest BCUT2D eigenvalue weighted by atomic mass is 10.2. The highest BCUT2D eigenvalue weighted by Crippen LogP contribution is 2.36. The molecule has 0 saturated heterocycles. The van der Waals surface area contributed by atoms with Gasteiger partial charge in [-0.15, -0.1) is 11.8 Å². The third-order valence-corrected chi connectivity index (χ3v) is 4.46. The first kappa shape index (κ1) is 19.9. The number of carbonyl (C=O) groups is 2. The minimum Gasteiger partial charge on any atom is -0.493 e. The number of carbonyl (C=O) groups excluding carboxylic acids is 2. The maximum atomic E-state index is 12.2. The molecule has 2 aromatic carbocycles. The highest BCUT2D eigenvalue weighted by Gasteiger charge is 2.17. The van der Waals surface area contributed by atoms with Gasteiger partial charge in [0.2, 0.25) is 0 Å². The van der Waals surface area contributed by atoms with Crippen molar-refractivity contribution in [3.05, 3.63) is 47.0 Å². The number of esters is 1. The van der Waals surface area contributed by atoms with Gasteiger partial charge in [0, 0.05) is 4.90 Å². The van der Waals surface area contributed by atoms with Gasteiger partial charge in [-0.2, -0.15) is 0 Å². The van der Waals surface area contributed by atoms with E-state index in [2.05, 4.69) is 5.32 Å². The Morgan fingerprint density at radius 2 is 1.88 bits per heavy atom. The molecule has 0 spiro atoms. The second kappa shape index (κ2) is 9.35. The molecule has 0 aliphatic heterocycles. The molecule has 0 radical (unpaired) electrons. The molecule has 0 bridgehead atoms. The second-order valence-corrected chi connectivity index (χ2v) is 6.27. The summed E-state index contributed by atoms with van der Waals surface area (Å²) >= 11 is 7.57. The van der Waals surface area contributed by atoms with Gasteiger partial charge in [0.05, 0.1) is 30.5 Å². The Bertz CT molecular complexity index is 812. The summed E-state index contributed by atoms with van der Waals surface area (Å²) in [6, 6.07) is 10.2. The number of rotatable bonds is 7. The van der Waals surface area contributed by atoms with Crippen LogP contribution in [0, 0.1) is 0 Å². The van der Waals surface area contributed by atoms with E-state index in [-0.39, 0.29) is 10.6 Å². The summed E-state index contributed by atoms with van der Waals surface area (Å²) in [7, 11) is 2.87. The van der Waals surface area contributed by atoms with Gasteiger partial charge in [0.15, 0.2) is 18.1 Å². The lowest BCUT2D eigenvalue weighted by Gasteiger charge is -2.12. The van der Waals surface area contributed by atoms with Crippen molar-refractivity contribution >= 4 is 40.9 Å². The van der Waals surface area contributed by atoms with Gasteiger partial charge in [-0.3, -0.25) is 4.79 Å². The molecule has 0 heterocycles.